The topological polar surface area (TPSA) is 77.1 Å². The molecule has 2 amide bonds. The van der Waals surface area contributed by atoms with Crippen LogP contribution in [0.3, 0.4) is 0 Å². The summed E-state index contributed by atoms with van der Waals surface area (Å²) in [6.45, 7) is 0.410. The van der Waals surface area contributed by atoms with Crippen LogP contribution in [0.5, 0.6) is 11.5 Å². The highest BCUT2D eigenvalue weighted by Crippen LogP contribution is 2.41. The first kappa shape index (κ1) is 24.7. The SMILES string of the molecule is COC(=O)[C@H](CCSC)NC(=O)N1CCc2cc(OC)c(OC)cc2[C@@H]1c1ccc(F)cc1. The molecule has 1 N–H and O–H groups in total. The van der Waals surface area contributed by atoms with Gasteiger partial charge < -0.3 is 24.4 Å². The summed E-state index contributed by atoms with van der Waals surface area (Å²) in [5, 5.41) is 2.83. The maximum atomic E-state index is 13.7. The van der Waals surface area contributed by atoms with Crippen LogP contribution in [-0.4, -0.2) is 62.8 Å². The number of esters is 1. The first-order valence-corrected chi connectivity index (χ1v) is 12.0. The first-order chi connectivity index (χ1) is 15.9. The summed E-state index contributed by atoms with van der Waals surface area (Å²) in [4.78, 5) is 27.3. The summed E-state index contributed by atoms with van der Waals surface area (Å²) in [5.74, 6) is 0.995. The van der Waals surface area contributed by atoms with Crippen molar-refractivity contribution in [2.45, 2.75) is 24.9 Å². The van der Waals surface area contributed by atoms with Crippen molar-refractivity contribution in [3.63, 3.8) is 0 Å². The number of urea groups is 1. The highest BCUT2D eigenvalue weighted by Gasteiger charge is 2.35. The Bertz CT molecular complexity index is 986. The van der Waals surface area contributed by atoms with Gasteiger partial charge in [-0.25, -0.2) is 14.0 Å². The molecule has 7 nitrogen and oxygen atoms in total. The molecule has 2 aromatic carbocycles. The molecule has 0 fully saturated rings. The Kier molecular flexibility index (Phi) is 8.43. The Hall–Kier alpha value is -2.94. The number of hydrogen-bond acceptors (Lipinski definition) is 6. The van der Waals surface area contributed by atoms with E-state index >= 15 is 0 Å². The lowest BCUT2D eigenvalue weighted by Gasteiger charge is -2.38. The summed E-state index contributed by atoms with van der Waals surface area (Å²) in [5.41, 5.74) is 2.62. The van der Waals surface area contributed by atoms with Gasteiger partial charge in [0.15, 0.2) is 11.5 Å². The number of methoxy groups -OCH3 is 3. The number of amides is 2. The Labute approximate surface area is 197 Å². The van der Waals surface area contributed by atoms with Gasteiger partial charge in [-0.15, -0.1) is 0 Å². The van der Waals surface area contributed by atoms with Crippen molar-refractivity contribution in [3.05, 3.63) is 58.9 Å². The van der Waals surface area contributed by atoms with Gasteiger partial charge in [0.05, 0.1) is 27.4 Å². The van der Waals surface area contributed by atoms with Crippen LogP contribution in [0, 0.1) is 5.82 Å². The molecule has 1 aliphatic heterocycles. The van der Waals surface area contributed by atoms with Gasteiger partial charge in [-0.05, 0) is 65.8 Å². The van der Waals surface area contributed by atoms with E-state index in [-0.39, 0.29) is 11.8 Å². The minimum atomic E-state index is -0.754. The second kappa shape index (κ2) is 11.3. The van der Waals surface area contributed by atoms with Crippen LogP contribution >= 0.6 is 11.8 Å². The lowest BCUT2D eigenvalue weighted by Crippen LogP contribution is -2.51. The zero-order valence-corrected chi connectivity index (χ0v) is 20.0. The summed E-state index contributed by atoms with van der Waals surface area (Å²) in [7, 11) is 4.43. The standard InChI is InChI=1S/C24H29FN2O5S/c1-30-20-13-16-9-11-27(24(29)26-19(10-12-33-4)23(28)32-3)22(18(16)14-21(20)31-2)15-5-7-17(25)8-6-15/h5-8,13-14,19,22H,9-12H2,1-4H3,(H,26,29)/t19-,22-/m0/s1. The number of nitrogens with one attached hydrogen (secondary N) is 1. The second-order valence-corrected chi connectivity index (χ2v) is 8.60. The minimum absolute atomic E-state index is 0.360. The Balaban J connectivity index is 2.01. The van der Waals surface area contributed by atoms with Crippen LogP contribution in [-0.2, 0) is 16.0 Å². The number of nitrogens with zero attached hydrogens (tertiary/aromatic N) is 1. The van der Waals surface area contributed by atoms with E-state index in [4.69, 9.17) is 14.2 Å². The van der Waals surface area contributed by atoms with E-state index < -0.39 is 18.1 Å². The van der Waals surface area contributed by atoms with Crippen molar-refractivity contribution in [2.75, 3.05) is 39.9 Å². The van der Waals surface area contributed by atoms with Gasteiger partial charge in [0.2, 0.25) is 0 Å². The minimum Gasteiger partial charge on any atom is -0.493 e. The molecule has 33 heavy (non-hydrogen) atoms. The van der Waals surface area contributed by atoms with E-state index in [1.165, 1.54) is 19.2 Å². The van der Waals surface area contributed by atoms with Crippen molar-refractivity contribution in [1.82, 2.24) is 10.2 Å². The summed E-state index contributed by atoms with van der Waals surface area (Å²) in [6, 6.07) is 8.20. The lowest BCUT2D eigenvalue weighted by molar-refractivity contribution is -0.142. The Morgan fingerprint density at radius 1 is 1.15 bits per heavy atom. The molecule has 0 radical (unpaired) electrons. The van der Waals surface area contributed by atoms with Crippen molar-refractivity contribution >= 4 is 23.8 Å². The van der Waals surface area contributed by atoms with Crippen LogP contribution in [0.4, 0.5) is 9.18 Å². The molecule has 178 valence electrons. The fourth-order valence-corrected chi connectivity index (χ4v) is 4.50. The van der Waals surface area contributed by atoms with Crippen LogP contribution < -0.4 is 14.8 Å². The van der Waals surface area contributed by atoms with Gasteiger partial charge in [0.25, 0.3) is 0 Å². The average molecular weight is 477 g/mol. The number of thioether (sulfide) groups is 1. The maximum Gasteiger partial charge on any atom is 0.328 e. The molecule has 0 bridgehead atoms. The smallest absolute Gasteiger partial charge is 0.328 e. The van der Waals surface area contributed by atoms with Gasteiger partial charge in [0.1, 0.15) is 11.9 Å². The van der Waals surface area contributed by atoms with Gasteiger partial charge in [-0.2, -0.15) is 11.8 Å². The molecular formula is C24H29FN2O5S. The van der Waals surface area contributed by atoms with Crippen molar-refractivity contribution < 1.29 is 28.2 Å². The van der Waals surface area contributed by atoms with Gasteiger partial charge in [-0.1, -0.05) is 12.1 Å². The highest BCUT2D eigenvalue weighted by molar-refractivity contribution is 7.98. The molecule has 0 saturated carbocycles. The van der Waals surface area contributed by atoms with E-state index in [0.29, 0.717) is 36.6 Å². The molecule has 2 aromatic rings. The molecular weight excluding hydrogens is 447 g/mol. The molecule has 0 spiro atoms. The second-order valence-electron chi connectivity index (χ2n) is 7.61. The molecule has 0 aromatic heterocycles. The number of benzene rings is 2. The first-order valence-electron chi connectivity index (χ1n) is 10.6. The predicted molar refractivity (Wildman–Crippen MR) is 126 cm³/mol. The zero-order chi connectivity index (χ0) is 24.0. The third-order valence-electron chi connectivity index (χ3n) is 5.71. The van der Waals surface area contributed by atoms with Gasteiger partial charge in [-0.3, -0.25) is 0 Å². The van der Waals surface area contributed by atoms with E-state index in [2.05, 4.69) is 5.32 Å². The quantitative estimate of drug-likeness (QED) is 0.584. The molecule has 0 unspecified atom stereocenters. The number of hydrogen-bond donors (Lipinski definition) is 1. The number of ether oxygens (including phenoxy) is 3. The number of halogens is 1. The molecule has 1 heterocycles. The van der Waals surface area contributed by atoms with Crippen LogP contribution in [0.2, 0.25) is 0 Å². The van der Waals surface area contributed by atoms with E-state index in [1.54, 1.807) is 43.0 Å². The van der Waals surface area contributed by atoms with E-state index in [0.717, 1.165) is 16.7 Å². The molecule has 0 aliphatic carbocycles. The fourth-order valence-electron chi connectivity index (χ4n) is 4.03. The summed E-state index contributed by atoms with van der Waals surface area (Å²) >= 11 is 1.58. The number of fused-ring (bicyclic) bond motifs is 1. The lowest BCUT2D eigenvalue weighted by atomic mass is 9.87. The van der Waals surface area contributed by atoms with E-state index in [1.807, 2.05) is 18.4 Å². The molecule has 0 saturated heterocycles. The summed E-state index contributed by atoms with van der Waals surface area (Å²) in [6.07, 6.45) is 2.98. The monoisotopic (exact) mass is 476 g/mol. The van der Waals surface area contributed by atoms with Crippen LogP contribution in [0.25, 0.3) is 0 Å². The van der Waals surface area contributed by atoms with Crippen LogP contribution in [0.15, 0.2) is 36.4 Å². The third-order valence-corrected chi connectivity index (χ3v) is 6.36. The number of carbonyl (C=O) groups is 2. The number of rotatable bonds is 8. The molecule has 9 heteroatoms. The normalized spacial score (nSPS) is 15.9. The van der Waals surface area contributed by atoms with Crippen molar-refractivity contribution in [3.8, 4) is 11.5 Å². The summed E-state index contributed by atoms with van der Waals surface area (Å²) < 4.78 is 29.5. The highest BCUT2D eigenvalue weighted by atomic mass is 32.2. The largest absolute Gasteiger partial charge is 0.493 e. The van der Waals surface area contributed by atoms with E-state index in [9.17, 15) is 14.0 Å². The Morgan fingerprint density at radius 2 is 1.82 bits per heavy atom. The Morgan fingerprint density at radius 3 is 2.42 bits per heavy atom. The van der Waals surface area contributed by atoms with Gasteiger partial charge >= 0.3 is 12.0 Å². The predicted octanol–water partition coefficient (Wildman–Crippen LogP) is 3.79. The zero-order valence-electron chi connectivity index (χ0n) is 19.2. The molecule has 1 aliphatic rings. The van der Waals surface area contributed by atoms with Crippen molar-refractivity contribution in [1.29, 1.82) is 0 Å². The average Bonchev–Trinajstić information content (AvgIpc) is 2.84. The fraction of sp³-hybridized carbons (Fsp3) is 0.417. The third kappa shape index (κ3) is 5.52. The molecule has 3 rings (SSSR count). The number of carbonyl (C=O) groups excluding carboxylic acids is 2. The van der Waals surface area contributed by atoms with Crippen LogP contribution in [0.1, 0.15) is 29.2 Å². The molecule has 2 atom stereocenters. The van der Waals surface area contributed by atoms with Crippen molar-refractivity contribution in [2.24, 2.45) is 0 Å². The van der Waals surface area contributed by atoms with Gasteiger partial charge in [0, 0.05) is 6.54 Å². The maximum absolute atomic E-state index is 13.7.